The first kappa shape index (κ1) is 22.2. The number of aliphatic carboxylic acids is 1. The third kappa shape index (κ3) is 4.99. The molecule has 2 aromatic rings. The summed E-state index contributed by atoms with van der Waals surface area (Å²) < 4.78 is 15.9. The molecular weight excluding hydrogens is 398 g/mol. The highest BCUT2D eigenvalue weighted by atomic mass is 16.5. The van der Waals surface area contributed by atoms with Gasteiger partial charge in [0.2, 0.25) is 0 Å². The van der Waals surface area contributed by atoms with E-state index in [0.29, 0.717) is 41.4 Å². The van der Waals surface area contributed by atoms with Crippen molar-refractivity contribution in [1.29, 1.82) is 0 Å². The highest BCUT2D eigenvalue weighted by molar-refractivity contribution is 6.24. The molecule has 1 fully saturated rings. The molecular formula is C24H27NO6. The molecule has 0 aromatic heterocycles. The average Bonchev–Trinajstić information content (AvgIpc) is 2.82. The molecule has 1 saturated heterocycles. The number of carboxylic acids is 1. The van der Waals surface area contributed by atoms with Crippen LogP contribution in [0.25, 0.3) is 11.6 Å². The minimum Gasteiger partial charge on any atom is -0.497 e. The van der Waals surface area contributed by atoms with Crippen LogP contribution in [-0.4, -0.2) is 55.8 Å². The molecule has 0 radical (unpaired) electrons. The van der Waals surface area contributed by atoms with Crippen molar-refractivity contribution >= 4 is 23.5 Å². The van der Waals surface area contributed by atoms with Crippen molar-refractivity contribution in [2.45, 2.75) is 25.3 Å². The minimum atomic E-state index is -0.982. The third-order valence-electron chi connectivity index (χ3n) is 5.40. The molecule has 0 aliphatic carbocycles. The number of methoxy groups -OCH3 is 3. The Morgan fingerprint density at radius 1 is 0.968 bits per heavy atom. The van der Waals surface area contributed by atoms with Gasteiger partial charge in [-0.2, -0.15) is 0 Å². The number of hydrogen-bond donors (Lipinski definition) is 1. The summed E-state index contributed by atoms with van der Waals surface area (Å²) >= 11 is 0. The summed E-state index contributed by atoms with van der Waals surface area (Å²) in [5.41, 5.74) is 1.80. The molecule has 1 N–H and O–H groups in total. The number of likely N-dealkylation sites (tertiary alicyclic amines) is 1. The van der Waals surface area contributed by atoms with Crippen molar-refractivity contribution in [3.8, 4) is 17.2 Å². The second-order valence-electron chi connectivity index (χ2n) is 7.25. The zero-order chi connectivity index (χ0) is 22.4. The zero-order valence-electron chi connectivity index (χ0n) is 18.0. The molecule has 3 rings (SSSR count). The molecule has 2 aromatic carbocycles. The van der Waals surface area contributed by atoms with Crippen molar-refractivity contribution in [2.24, 2.45) is 0 Å². The molecule has 164 valence electrons. The summed E-state index contributed by atoms with van der Waals surface area (Å²) in [4.78, 5) is 26.8. The van der Waals surface area contributed by atoms with Gasteiger partial charge in [0.15, 0.2) is 11.5 Å². The van der Waals surface area contributed by atoms with Gasteiger partial charge in [-0.1, -0.05) is 18.2 Å². The number of piperidine rings is 1. The van der Waals surface area contributed by atoms with E-state index in [2.05, 4.69) is 0 Å². The predicted molar refractivity (Wildman–Crippen MR) is 117 cm³/mol. The summed E-state index contributed by atoms with van der Waals surface area (Å²) in [7, 11) is 4.66. The van der Waals surface area contributed by atoms with Crippen molar-refractivity contribution in [3.63, 3.8) is 0 Å². The number of benzene rings is 2. The molecule has 1 aliphatic heterocycles. The van der Waals surface area contributed by atoms with Crippen LogP contribution in [0.15, 0.2) is 42.5 Å². The van der Waals surface area contributed by atoms with E-state index < -0.39 is 12.0 Å². The molecule has 31 heavy (non-hydrogen) atoms. The number of carbonyl (C=O) groups is 2. The largest absolute Gasteiger partial charge is 0.497 e. The van der Waals surface area contributed by atoms with E-state index in [-0.39, 0.29) is 5.91 Å². The number of carbonyl (C=O) groups excluding carboxylic acids is 1. The van der Waals surface area contributed by atoms with Gasteiger partial charge in [0.1, 0.15) is 11.8 Å². The van der Waals surface area contributed by atoms with E-state index in [4.69, 9.17) is 14.2 Å². The quantitative estimate of drug-likeness (QED) is 0.538. The van der Waals surface area contributed by atoms with Crippen LogP contribution in [0.1, 0.15) is 30.4 Å². The van der Waals surface area contributed by atoms with Crippen molar-refractivity contribution in [1.82, 2.24) is 4.90 Å². The predicted octanol–water partition coefficient (Wildman–Crippen LogP) is 3.72. The molecule has 1 amide bonds. The van der Waals surface area contributed by atoms with Crippen molar-refractivity contribution < 1.29 is 28.9 Å². The smallest absolute Gasteiger partial charge is 0.326 e. The van der Waals surface area contributed by atoms with Crippen LogP contribution in [0.5, 0.6) is 17.2 Å². The first-order chi connectivity index (χ1) is 15.0. The molecule has 1 aliphatic rings. The van der Waals surface area contributed by atoms with Gasteiger partial charge in [-0.05, 0) is 60.7 Å². The lowest BCUT2D eigenvalue weighted by Gasteiger charge is -2.33. The van der Waals surface area contributed by atoms with Gasteiger partial charge in [0.05, 0.1) is 21.3 Å². The SMILES string of the molecule is COc1ccc(/C=C(/C(=O)N2CCCCC2C(=O)O)c2ccc(OC)c(OC)c2)cc1. The van der Waals surface area contributed by atoms with E-state index in [1.807, 2.05) is 24.3 Å². The monoisotopic (exact) mass is 425 g/mol. The fourth-order valence-corrected chi connectivity index (χ4v) is 3.73. The Morgan fingerprint density at radius 2 is 1.68 bits per heavy atom. The molecule has 1 heterocycles. The lowest BCUT2D eigenvalue weighted by molar-refractivity contribution is -0.149. The minimum absolute atomic E-state index is 0.324. The maximum absolute atomic E-state index is 13.6. The number of carboxylic acid groups (broad SMARTS) is 1. The Bertz CT molecular complexity index is 967. The van der Waals surface area contributed by atoms with Crippen LogP contribution < -0.4 is 14.2 Å². The van der Waals surface area contributed by atoms with Gasteiger partial charge in [0, 0.05) is 12.1 Å². The molecule has 0 bridgehead atoms. The molecule has 1 unspecified atom stereocenters. The molecule has 0 spiro atoms. The number of ether oxygens (including phenoxy) is 3. The second kappa shape index (κ2) is 10.0. The van der Waals surface area contributed by atoms with Gasteiger partial charge in [0.25, 0.3) is 5.91 Å². The average molecular weight is 425 g/mol. The van der Waals surface area contributed by atoms with Gasteiger partial charge in [-0.3, -0.25) is 4.79 Å². The maximum Gasteiger partial charge on any atom is 0.326 e. The van der Waals surface area contributed by atoms with Crippen LogP contribution in [0, 0.1) is 0 Å². The van der Waals surface area contributed by atoms with E-state index in [0.717, 1.165) is 18.4 Å². The van der Waals surface area contributed by atoms with Crippen LogP contribution in [-0.2, 0) is 9.59 Å². The Hall–Kier alpha value is -3.48. The number of hydrogen-bond acceptors (Lipinski definition) is 5. The van der Waals surface area contributed by atoms with Gasteiger partial charge < -0.3 is 24.2 Å². The topological polar surface area (TPSA) is 85.3 Å². The standard InChI is InChI=1S/C24H27NO6/c1-29-18-10-7-16(8-11-18)14-19(17-9-12-21(30-2)22(15-17)31-3)23(26)25-13-5-4-6-20(25)24(27)28/h7-12,14-15,20H,4-6,13H2,1-3H3,(H,27,28)/b19-14+. The zero-order valence-corrected chi connectivity index (χ0v) is 18.0. The van der Waals surface area contributed by atoms with Gasteiger partial charge in [-0.15, -0.1) is 0 Å². The van der Waals surface area contributed by atoms with Gasteiger partial charge >= 0.3 is 5.97 Å². The fourth-order valence-electron chi connectivity index (χ4n) is 3.73. The molecule has 7 nitrogen and oxygen atoms in total. The van der Waals surface area contributed by atoms with Crippen LogP contribution in [0.2, 0.25) is 0 Å². The molecule has 1 atom stereocenters. The van der Waals surface area contributed by atoms with E-state index in [1.165, 1.54) is 12.0 Å². The summed E-state index contributed by atoms with van der Waals surface area (Å²) in [5.74, 6) is 0.433. The van der Waals surface area contributed by atoms with E-state index in [1.54, 1.807) is 38.5 Å². The Morgan fingerprint density at radius 3 is 2.29 bits per heavy atom. The molecule has 7 heteroatoms. The van der Waals surface area contributed by atoms with E-state index in [9.17, 15) is 14.7 Å². The Kier molecular flexibility index (Phi) is 7.18. The van der Waals surface area contributed by atoms with Crippen LogP contribution in [0.4, 0.5) is 0 Å². The Balaban J connectivity index is 2.08. The van der Waals surface area contributed by atoms with Crippen LogP contribution in [0.3, 0.4) is 0 Å². The second-order valence-corrected chi connectivity index (χ2v) is 7.25. The number of amides is 1. The summed E-state index contributed by atoms with van der Waals surface area (Å²) in [5, 5.41) is 9.64. The number of rotatable bonds is 7. The van der Waals surface area contributed by atoms with E-state index >= 15 is 0 Å². The first-order valence-corrected chi connectivity index (χ1v) is 10.1. The fraction of sp³-hybridized carbons (Fsp3) is 0.333. The highest BCUT2D eigenvalue weighted by Gasteiger charge is 2.33. The van der Waals surface area contributed by atoms with Gasteiger partial charge in [-0.25, -0.2) is 4.79 Å². The number of nitrogens with zero attached hydrogens (tertiary/aromatic N) is 1. The van der Waals surface area contributed by atoms with Crippen LogP contribution >= 0.6 is 0 Å². The summed E-state index contributed by atoms with van der Waals surface area (Å²) in [6.45, 7) is 0.406. The Labute approximate surface area is 181 Å². The third-order valence-corrected chi connectivity index (χ3v) is 5.40. The molecule has 0 saturated carbocycles. The summed E-state index contributed by atoms with van der Waals surface area (Å²) in [6, 6.07) is 11.7. The van der Waals surface area contributed by atoms with Crippen molar-refractivity contribution in [3.05, 3.63) is 53.6 Å². The first-order valence-electron chi connectivity index (χ1n) is 10.1. The maximum atomic E-state index is 13.6. The normalized spacial score (nSPS) is 16.5. The highest BCUT2D eigenvalue weighted by Crippen LogP contribution is 2.33. The lowest BCUT2D eigenvalue weighted by atomic mass is 9.96. The summed E-state index contributed by atoms with van der Waals surface area (Å²) in [6.07, 6.45) is 3.77. The van der Waals surface area contributed by atoms with Crippen molar-refractivity contribution in [2.75, 3.05) is 27.9 Å². The lowest BCUT2D eigenvalue weighted by Crippen LogP contribution is -2.48.